The Kier molecular flexibility index (Phi) is 6.86. The van der Waals surface area contributed by atoms with Gasteiger partial charge in [0.05, 0.1) is 10.7 Å². The summed E-state index contributed by atoms with van der Waals surface area (Å²) in [6.07, 6.45) is 11.9. The second-order valence-corrected chi connectivity index (χ2v) is 9.66. The highest BCUT2D eigenvalue weighted by Gasteiger charge is 2.23. The van der Waals surface area contributed by atoms with Crippen LogP contribution in [0.2, 0.25) is 5.02 Å². The Bertz CT molecular complexity index is 766. The Morgan fingerprint density at radius 3 is 2.68 bits per heavy atom. The zero-order valence-electron chi connectivity index (χ0n) is 16.7. The smallest absolute Gasteiger partial charge is 0.183 e. The van der Waals surface area contributed by atoms with Gasteiger partial charge in [-0.1, -0.05) is 18.5 Å². The summed E-state index contributed by atoms with van der Waals surface area (Å²) in [6.45, 7) is 4.41. The molecule has 6 heteroatoms. The standard InChI is InChI=1S/C22H31ClN4S/c1-2-9-24-17-7-5-15(6-8-17)10-18-11-19(20(23)13-25-18)21-14-28-22(27-21)26-12-16-3-4-16/h11,13-17,24H,2-10,12H2,1H3,(H,26,27). The molecule has 0 aliphatic heterocycles. The maximum atomic E-state index is 6.46. The van der Waals surface area contributed by atoms with Gasteiger partial charge in [-0.3, -0.25) is 4.98 Å². The van der Waals surface area contributed by atoms with E-state index in [9.17, 15) is 0 Å². The highest BCUT2D eigenvalue weighted by atomic mass is 35.5. The molecule has 4 nitrogen and oxygen atoms in total. The van der Waals surface area contributed by atoms with Gasteiger partial charge >= 0.3 is 0 Å². The number of hydrogen-bond donors (Lipinski definition) is 2. The quantitative estimate of drug-likeness (QED) is 0.541. The van der Waals surface area contributed by atoms with Gasteiger partial charge in [-0.15, -0.1) is 11.3 Å². The minimum absolute atomic E-state index is 0.690. The van der Waals surface area contributed by atoms with Crippen molar-refractivity contribution in [3.8, 4) is 11.3 Å². The van der Waals surface area contributed by atoms with Crippen molar-refractivity contribution >= 4 is 28.1 Å². The minimum atomic E-state index is 0.690. The van der Waals surface area contributed by atoms with Crippen LogP contribution in [0.3, 0.4) is 0 Å². The molecule has 152 valence electrons. The molecule has 2 aromatic rings. The number of anilines is 1. The van der Waals surface area contributed by atoms with Crippen LogP contribution >= 0.6 is 22.9 Å². The maximum Gasteiger partial charge on any atom is 0.183 e. The van der Waals surface area contributed by atoms with Crippen LogP contribution in [0.15, 0.2) is 17.6 Å². The molecule has 0 radical (unpaired) electrons. The molecule has 28 heavy (non-hydrogen) atoms. The number of nitrogens with zero attached hydrogens (tertiary/aromatic N) is 2. The van der Waals surface area contributed by atoms with Crippen molar-refractivity contribution in [1.82, 2.24) is 15.3 Å². The first kappa shape index (κ1) is 20.1. The zero-order valence-corrected chi connectivity index (χ0v) is 18.3. The molecule has 2 saturated carbocycles. The van der Waals surface area contributed by atoms with Crippen LogP contribution in [0.25, 0.3) is 11.3 Å². The fourth-order valence-electron chi connectivity index (χ4n) is 4.04. The van der Waals surface area contributed by atoms with E-state index in [1.807, 2.05) is 0 Å². The third kappa shape index (κ3) is 5.46. The molecular formula is C22H31ClN4S. The zero-order chi connectivity index (χ0) is 19.3. The number of halogens is 1. The van der Waals surface area contributed by atoms with Crippen LogP contribution in [0, 0.1) is 11.8 Å². The average molecular weight is 419 g/mol. The summed E-state index contributed by atoms with van der Waals surface area (Å²) in [7, 11) is 0. The number of pyridine rings is 1. The van der Waals surface area contributed by atoms with E-state index in [1.54, 1.807) is 17.5 Å². The monoisotopic (exact) mass is 418 g/mol. The second kappa shape index (κ2) is 9.55. The van der Waals surface area contributed by atoms with Crippen molar-refractivity contribution < 1.29 is 0 Å². The van der Waals surface area contributed by atoms with E-state index in [0.717, 1.165) is 53.4 Å². The normalized spacial score (nSPS) is 22.4. The van der Waals surface area contributed by atoms with Gasteiger partial charge in [0.1, 0.15) is 0 Å². The number of hydrogen-bond acceptors (Lipinski definition) is 5. The topological polar surface area (TPSA) is 49.8 Å². The lowest BCUT2D eigenvalue weighted by molar-refractivity contribution is 0.290. The van der Waals surface area contributed by atoms with E-state index in [4.69, 9.17) is 16.6 Å². The predicted molar refractivity (Wildman–Crippen MR) is 119 cm³/mol. The molecule has 0 bridgehead atoms. The first-order valence-electron chi connectivity index (χ1n) is 10.8. The first-order chi connectivity index (χ1) is 13.7. The summed E-state index contributed by atoms with van der Waals surface area (Å²) in [5, 5.41) is 10.9. The van der Waals surface area contributed by atoms with Crippen molar-refractivity contribution in [2.45, 2.75) is 64.3 Å². The van der Waals surface area contributed by atoms with E-state index in [1.165, 1.54) is 44.9 Å². The van der Waals surface area contributed by atoms with Gasteiger partial charge in [-0.25, -0.2) is 4.98 Å². The Hall–Kier alpha value is -1.17. The van der Waals surface area contributed by atoms with E-state index in [-0.39, 0.29) is 0 Å². The third-order valence-electron chi connectivity index (χ3n) is 5.96. The third-order valence-corrected chi connectivity index (χ3v) is 7.06. The second-order valence-electron chi connectivity index (χ2n) is 8.39. The van der Waals surface area contributed by atoms with Crippen LogP contribution in [0.1, 0.15) is 57.6 Å². The molecule has 0 spiro atoms. The highest BCUT2D eigenvalue weighted by molar-refractivity contribution is 7.14. The maximum absolute atomic E-state index is 6.46. The van der Waals surface area contributed by atoms with E-state index < -0.39 is 0 Å². The molecular weight excluding hydrogens is 388 g/mol. The molecule has 0 atom stereocenters. The van der Waals surface area contributed by atoms with Crippen molar-refractivity contribution in [2.75, 3.05) is 18.4 Å². The van der Waals surface area contributed by atoms with Crippen molar-refractivity contribution in [1.29, 1.82) is 0 Å². The summed E-state index contributed by atoms with van der Waals surface area (Å²) in [5.74, 6) is 1.57. The van der Waals surface area contributed by atoms with Crippen molar-refractivity contribution in [2.24, 2.45) is 11.8 Å². The molecule has 2 aromatic heterocycles. The number of nitrogens with one attached hydrogen (secondary N) is 2. The summed E-state index contributed by atoms with van der Waals surface area (Å²) >= 11 is 8.12. The lowest BCUT2D eigenvalue weighted by Crippen LogP contribution is -2.34. The highest BCUT2D eigenvalue weighted by Crippen LogP contribution is 2.34. The summed E-state index contributed by atoms with van der Waals surface area (Å²) in [5.41, 5.74) is 3.12. The van der Waals surface area contributed by atoms with Gasteiger partial charge in [0.2, 0.25) is 0 Å². The van der Waals surface area contributed by atoms with Gasteiger partial charge in [-0.2, -0.15) is 0 Å². The molecule has 2 aliphatic rings. The minimum Gasteiger partial charge on any atom is -0.361 e. The molecule has 0 saturated heterocycles. The van der Waals surface area contributed by atoms with Gasteiger partial charge < -0.3 is 10.6 Å². The Balaban J connectivity index is 1.36. The summed E-state index contributed by atoms with van der Waals surface area (Å²) < 4.78 is 0. The van der Waals surface area contributed by atoms with Crippen LogP contribution in [-0.4, -0.2) is 29.1 Å². The van der Waals surface area contributed by atoms with Crippen molar-refractivity contribution in [3.05, 3.63) is 28.4 Å². The Labute approximate surface area is 177 Å². The number of rotatable bonds is 9. The number of thiazole rings is 1. The molecule has 4 rings (SSSR count). The van der Waals surface area contributed by atoms with Crippen LogP contribution in [0.5, 0.6) is 0 Å². The first-order valence-corrected chi connectivity index (χ1v) is 12.0. The SMILES string of the molecule is CCCNC1CCC(Cc2cc(-c3csc(NCC4CC4)n3)c(Cl)cn2)CC1. The summed E-state index contributed by atoms with van der Waals surface area (Å²) in [4.78, 5) is 9.37. The molecule has 2 N–H and O–H groups in total. The average Bonchev–Trinajstić information content (AvgIpc) is 3.43. The molecule has 2 aliphatic carbocycles. The van der Waals surface area contributed by atoms with Gasteiger partial charge in [0.25, 0.3) is 0 Å². The molecule has 0 amide bonds. The molecule has 2 fully saturated rings. The van der Waals surface area contributed by atoms with Crippen molar-refractivity contribution in [3.63, 3.8) is 0 Å². The van der Waals surface area contributed by atoms with E-state index >= 15 is 0 Å². The van der Waals surface area contributed by atoms with Gasteiger partial charge in [0, 0.05) is 35.4 Å². The summed E-state index contributed by atoms with van der Waals surface area (Å²) in [6, 6.07) is 2.87. The molecule has 2 heterocycles. The molecule has 0 unspecified atom stereocenters. The van der Waals surface area contributed by atoms with E-state index in [2.05, 4.69) is 34.0 Å². The lowest BCUT2D eigenvalue weighted by atomic mass is 9.83. The van der Waals surface area contributed by atoms with Crippen LogP contribution in [-0.2, 0) is 6.42 Å². The Morgan fingerprint density at radius 2 is 1.93 bits per heavy atom. The van der Waals surface area contributed by atoms with Gasteiger partial charge in [0.15, 0.2) is 5.13 Å². The lowest BCUT2D eigenvalue weighted by Gasteiger charge is -2.29. The van der Waals surface area contributed by atoms with Gasteiger partial charge in [-0.05, 0) is 75.8 Å². The Morgan fingerprint density at radius 1 is 1.14 bits per heavy atom. The molecule has 0 aromatic carbocycles. The largest absolute Gasteiger partial charge is 0.361 e. The fourth-order valence-corrected chi connectivity index (χ4v) is 4.96. The van der Waals surface area contributed by atoms with E-state index in [0.29, 0.717) is 11.1 Å². The predicted octanol–water partition coefficient (Wildman–Crippen LogP) is 5.78. The number of aromatic nitrogens is 2. The van der Waals surface area contributed by atoms with Crippen LogP contribution < -0.4 is 10.6 Å². The van der Waals surface area contributed by atoms with Crippen LogP contribution in [0.4, 0.5) is 5.13 Å². The fraction of sp³-hybridized carbons (Fsp3) is 0.636.